The Morgan fingerprint density at radius 2 is 1.68 bits per heavy atom. The van der Waals surface area contributed by atoms with Gasteiger partial charge in [0.25, 0.3) is 0 Å². The van der Waals surface area contributed by atoms with Crippen LogP contribution in [0.1, 0.15) is 11.1 Å². The highest BCUT2D eigenvalue weighted by molar-refractivity contribution is 6.30. The topological polar surface area (TPSA) is 47.9 Å². The van der Waals surface area contributed by atoms with Gasteiger partial charge in [-0.1, -0.05) is 23.7 Å². The predicted octanol–water partition coefficient (Wildman–Crippen LogP) is 4.58. The molecule has 3 rings (SSSR count). The van der Waals surface area contributed by atoms with Gasteiger partial charge in [0.15, 0.2) is 5.70 Å². The normalized spacial score (nSPS) is 15.9. The first-order valence-electron chi connectivity index (χ1n) is 6.94. The van der Waals surface area contributed by atoms with Crippen molar-refractivity contribution in [2.75, 3.05) is 0 Å². The summed E-state index contributed by atoms with van der Waals surface area (Å²) in [6.07, 6.45) is -3.35. The monoisotopic (exact) mass is 367 g/mol. The van der Waals surface area contributed by atoms with Crippen molar-refractivity contribution in [3.8, 4) is 5.75 Å². The smallest absolute Gasteiger partial charge is 0.406 e. The van der Waals surface area contributed by atoms with Gasteiger partial charge < -0.3 is 9.47 Å². The summed E-state index contributed by atoms with van der Waals surface area (Å²) in [6.45, 7) is 0. The molecule has 0 atom stereocenters. The molecule has 0 bridgehead atoms. The van der Waals surface area contributed by atoms with Gasteiger partial charge in [0.05, 0.1) is 0 Å². The molecule has 0 unspecified atom stereocenters. The second kappa shape index (κ2) is 6.60. The average molecular weight is 368 g/mol. The fourth-order valence-electron chi connectivity index (χ4n) is 2.05. The van der Waals surface area contributed by atoms with Crippen LogP contribution in [0.5, 0.6) is 5.75 Å². The zero-order valence-corrected chi connectivity index (χ0v) is 13.1. The van der Waals surface area contributed by atoms with Crippen molar-refractivity contribution < 1.29 is 27.4 Å². The highest BCUT2D eigenvalue weighted by atomic mass is 35.5. The van der Waals surface area contributed by atoms with Crippen LogP contribution in [0.4, 0.5) is 13.2 Å². The molecule has 1 heterocycles. The van der Waals surface area contributed by atoms with Crippen molar-refractivity contribution >= 4 is 29.5 Å². The lowest BCUT2D eigenvalue weighted by Crippen LogP contribution is -2.16. The van der Waals surface area contributed by atoms with Crippen molar-refractivity contribution in [2.45, 2.75) is 6.36 Å². The van der Waals surface area contributed by atoms with E-state index in [1.807, 2.05) is 0 Å². The molecule has 0 aliphatic carbocycles. The fraction of sp³-hybridized carbons (Fsp3) is 0.0588. The van der Waals surface area contributed by atoms with E-state index in [9.17, 15) is 18.0 Å². The molecular formula is C17H9ClF3NO3. The Labute approximate surface area is 145 Å². The highest BCUT2D eigenvalue weighted by Gasteiger charge is 2.31. The minimum Gasteiger partial charge on any atom is -0.406 e. The van der Waals surface area contributed by atoms with E-state index < -0.39 is 12.3 Å². The van der Waals surface area contributed by atoms with E-state index in [0.717, 1.165) is 12.1 Å². The lowest BCUT2D eigenvalue weighted by atomic mass is 10.2. The zero-order valence-electron chi connectivity index (χ0n) is 12.4. The highest BCUT2D eigenvalue weighted by Crippen LogP contribution is 2.24. The maximum absolute atomic E-state index is 12.1. The van der Waals surface area contributed by atoms with E-state index in [2.05, 4.69) is 9.73 Å². The van der Waals surface area contributed by atoms with Gasteiger partial charge in [0.2, 0.25) is 5.90 Å². The van der Waals surface area contributed by atoms with Crippen LogP contribution in [0.15, 0.2) is 59.2 Å². The number of hydrogen-bond donors (Lipinski definition) is 0. The van der Waals surface area contributed by atoms with Gasteiger partial charge in [0.1, 0.15) is 5.75 Å². The second-order valence-electron chi connectivity index (χ2n) is 4.96. The Morgan fingerprint density at radius 1 is 1.04 bits per heavy atom. The Morgan fingerprint density at radius 3 is 2.28 bits per heavy atom. The summed E-state index contributed by atoms with van der Waals surface area (Å²) in [4.78, 5) is 16.0. The van der Waals surface area contributed by atoms with E-state index in [1.54, 1.807) is 24.3 Å². The van der Waals surface area contributed by atoms with Gasteiger partial charge in [-0.15, -0.1) is 13.2 Å². The van der Waals surface area contributed by atoms with Gasteiger partial charge in [-0.3, -0.25) is 0 Å². The molecule has 8 heteroatoms. The van der Waals surface area contributed by atoms with Crippen LogP contribution >= 0.6 is 11.6 Å². The molecule has 0 radical (unpaired) electrons. The van der Waals surface area contributed by atoms with Gasteiger partial charge in [-0.25, -0.2) is 9.79 Å². The Kier molecular flexibility index (Phi) is 4.50. The summed E-state index contributed by atoms with van der Waals surface area (Å²) in [5, 5.41) is 0.533. The largest absolute Gasteiger partial charge is 0.573 e. The molecule has 128 valence electrons. The Bertz CT molecular complexity index is 856. The summed E-state index contributed by atoms with van der Waals surface area (Å²) in [7, 11) is 0. The fourth-order valence-corrected chi connectivity index (χ4v) is 2.17. The van der Waals surface area contributed by atoms with Crippen molar-refractivity contribution in [1.29, 1.82) is 0 Å². The number of benzene rings is 2. The van der Waals surface area contributed by atoms with Gasteiger partial charge in [-0.05, 0) is 48.0 Å². The summed E-state index contributed by atoms with van der Waals surface area (Å²) in [5.41, 5.74) is 1.09. The third kappa shape index (κ3) is 4.39. The number of halogens is 4. The summed E-state index contributed by atoms with van der Waals surface area (Å²) in [5.74, 6) is -0.875. The third-order valence-electron chi connectivity index (χ3n) is 3.13. The minimum atomic E-state index is -4.76. The van der Waals surface area contributed by atoms with Crippen molar-refractivity contribution in [1.82, 2.24) is 0 Å². The number of carbonyl (C=O) groups is 1. The Hall–Kier alpha value is -2.80. The van der Waals surface area contributed by atoms with Crippen LogP contribution in [0.25, 0.3) is 6.08 Å². The van der Waals surface area contributed by atoms with Crippen LogP contribution in [0.2, 0.25) is 5.02 Å². The van der Waals surface area contributed by atoms with Crippen molar-refractivity contribution in [3.63, 3.8) is 0 Å². The first-order chi connectivity index (χ1) is 11.8. The lowest BCUT2D eigenvalue weighted by Gasteiger charge is -2.08. The van der Waals surface area contributed by atoms with Gasteiger partial charge in [0, 0.05) is 10.6 Å². The molecule has 0 aromatic heterocycles. The van der Waals surface area contributed by atoms with Crippen LogP contribution in [-0.4, -0.2) is 18.2 Å². The number of rotatable bonds is 3. The van der Waals surface area contributed by atoms with Crippen molar-refractivity contribution in [2.24, 2.45) is 4.99 Å². The Balaban J connectivity index is 1.81. The zero-order chi connectivity index (χ0) is 18.0. The van der Waals surface area contributed by atoms with Crippen LogP contribution < -0.4 is 4.74 Å². The molecule has 0 saturated heterocycles. The number of ether oxygens (including phenoxy) is 2. The molecule has 1 aliphatic rings. The predicted molar refractivity (Wildman–Crippen MR) is 85.2 cm³/mol. The SMILES string of the molecule is O=C1OC(c2ccc(Cl)cc2)=N/C1=C\c1ccc(OC(F)(F)F)cc1. The lowest BCUT2D eigenvalue weighted by molar-refractivity contribution is -0.274. The molecule has 0 amide bonds. The van der Waals surface area contributed by atoms with Gasteiger partial charge in [-0.2, -0.15) is 0 Å². The number of carbonyl (C=O) groups excluding carboxylic acids is 1. The molecule has 2 aromatic rings. The third-order valence-corrected chi connectivity index (χ3v) is 3.38. The van der Waals surface area contributed by atoms with Crippen LogP contribution in [0.3, 0.4) is 0 Å². The molecule has 0 saturated carbocycles. The summed E-state index contributed by atoms with van der Waals surface area (Å²) < 4.78 is 45.3. The molecular weight excluding hydrogens is 359 g/mol. The van der Waals surface area contributed by atoms with Gasteiger partial charge >= 0.3 is 12.3 Å². The number of cyclic esters (lactones) is 1. The number of aliphatic imine (C=N–C) groups is 1. The number of esters is 1. The average Bonchev–Trinajstić information content (AvgIpc) is 2.89. The number of hydrogen-bond acceptors (Lipinski definition) is 4. The van der Waals surface area contributed by atoms with E-state index in [-0.39, 0.29) is 17.3 Å². The molecule has 4 nitrogen and oxygen atoms in total. The van der Waals surface area contributed by atoms with E-state index in [4.69, 9.17) is 16.3 Å². The maximum atomic E-state index is 12.1. The van der Waals surface area contributed by atoms with Crippen molar-refractivity contribution in [3.05, 3.63) is 70.4 Å². The van der Waals surface area contributed by atoms with E-state index >= 15 is 0 Å². The molecule has 0 spiro atoms. The maximum Gasteiger partial charge on any atom is 0.573 e. The quantitative estimate of drug-likeness (QED) is 0.589. The molecule has 25 heavy (non-hydrogen) atoms. The summed E-state index contributed by atoms with van der Waals surface area (Å²) in [6, 6.07) is 11.6. The first kappa shape index (κ1) is 17.0. The second-order valence-corrected chi connectivity index (χ2v) is 5.40. The molecule has 1 aliphatic heterocycles. The number of alkyl halides is 3. The standard InChI is InChI=1S/C17H9ClF3NO3/c18-12-5-3-11(4-6-12)15-22-14(16(23)24-15)9-10-1-7-13(8-2-10)25-17(19,20)21/h1-9H/b14-9-. The molecule has 0 fully saturated rings. The molecule has 0 N–H and O–H groups in total. The van der Waals surface area contributed by atoms with E-state index in [0.29, 0.717) is 16.1 Å². The van der Waals surface area contributed by atoms with E-state index in [1.165, 1.54) is 18.2 Å². The number of nitrogens with zero attached hydrogens (tertiary/aromatic N) is 1. The van der Waals surface area contributed by atoms with Crippen LogP contribution in [0, 0.1) is 0 Å². The first-order valence-corrected chi connectivity index (χ1v) is 7.32. The minimum absolute atomic E-state index is 0.0365. The molecule has 2 aromatic carbocycles. The van der Waals surface area contributed by atoms with Crippen LogP contribution in [-0.2, 0) is 9.53 Å². The summed E-state index contributed by atoms with van der Waals surface area (Å²) >= 11 is 5.80.